The Morgan fingerprint density at radius 3 is 3.00 bits per heavy atom. The summed E-state index contributed by atoms with van der Waals surface area (Å²) in [5.74, 6) is 1.93. The molecule has 0 amide bonds. The Hall–Kier alpha value is -1.20. The van der Waals surface area contributed by atoms with Crippen LogP contribution in [0.4, 0.5) is 0 Å². The van der Waals surface area contributed by atoms with Gasteiger partial charge in [-0.3, -0.25) is 0 Å². The van der Waals surface area contributed by atoms with E-state index in [1.807, 2.05) is 36.0 Å². The highest BCUT2D eigenvalue weighted by Gasteiger charge is 2.20. The summed E-state index contributed by atoms with van der Waals surface area (Å²) in [7, 11) is 0. The fourth-order valence-corrected chi connectivity index (χ4v) is 4.04. The van der Waals surface area contributed by atoms with E-state index in [2.05, 4.69) is 23.5 Å². The number of aliphatic hydroxyl groups excluding tert-OH is 1. The zero-order chi connectivity index (χ0) is 16.1. The van der Waals surface area contributed by atoms with E-state index in [1.165, 1.54) is 10.5 Å². The van der Waals surface area contributed by atoms with Crippen LogP contribution in [0.1, 0.15) is 23.6 Å². The second-order valence-corrected chi connectivity index (χ2v) is 7.01. The van der Waals surface area contributed by atoms with Crippen molar-refractivity contribution in [1.82, 2.24) is 5.32 Å². The van der Waals surface area contributed by atoms with Gasteiger partial charge in [-0.1, -0.05) is 29.8 Å². The van der Waals surface area contributed by atoms with Crippen LogP contribution >= 0.6 is 23.4 Å². The summed E-state index contributed by atoms with van der Waals surface area (Å²) in [6.45, 7) is 1.06. The van der Waals surface area contributed by atoms with Crippen molar-refractivity contribution in [3.05, 3.63) is 58.6 Å². The number of para-hydroxylation sites is 1. The molecule has 0 aromatic heterocycles. The Labute approximate surface area is 146 Å². The van der Waals surface area contributed by atoms with Crippen LogP contribution < -0.4 is 10.1 Å². The molecule has 0 saturated heterocycles. The first kappa shape index (κ1) is 16.7. The lowest BCUT2D eigenvalue weighted by molar-refractivity contribution is 0.200. The van der Waals surface area contributed by atoms with Gasteiger partial charge in [0.25, 0.3) is 0 Å². The van der Waals surface area contributed by atoms with Crippen LogP contribution in [0.15, 0.2) is 47.4 Å². The number of hydrogen-bond donors (Lipinski definition) is 2. The highest BCUT2D eigenvalue weighted by molar-refractivity contribution is 7.99. The fraction of sp³-hybridized carbons (Fsp3) is 0.333. The van der Waals surface area contributed by atoms with Gasteiger partial charge in [-0.05, 0) is 42.0 Å². The molecule has 0 fully saturated rings. The molecule has 0 saturated carbocycles. The first-order valence-electron chi connectivity index (χ1n) is 7.75. The van der Waals surface area contributed by atoms with Gasteiger partial charge in [0.2, 0.25) is 0 Å². The molecule has 0 spiro atoms. The number of aliphatic hydroxyl groups is 1. The van der Waals surface area contributed by atoms with E-state index in [4.69, 9.17) is 21.4 Å². The van der Waals surface area contributed by atoms with E-state index in [-0.39, 0.29) is 6.61 Å². The normalized spacial score (nSPS) is 16.9. The Balaban J connectivity index is 1.71. The van der Waals surface area contributed by atoms with Crippen molar-refractivity contribution in [3.63, 3.8) is 0 Å². The molecule has 1 unspecified atom stereocenters. The molecule has 2 N–H and O–H groups in total. The third kappa shape index (κ3) is 4.21. The molecule has 2 aromatic rings. The van der Waals surface area contributed by atoms with Crippen molar-refractivity contribution in [2.24, 2.45) is 0 Å². The predicted octanol–water partition coefficient (Wildman–Crippen LogP) is 4.04. The van der Waals surface area contributed by atoms with E-state index in [9.17, 15) is 0 Å². The molecular formula is C18H20ClNO2S. The number of thioether (sulfide) groups is 1. The summed E-state index contributed by atoms with van der Waals surface area (Å²) in [5, 5.41) is 13.3. The minimum atomic E-state index is 0.0213. The van der Waals surface area contributed by atoms with Crippen molar-refractivity contribution in [2.75, 3.05) is 19.0 Å². The van der Waals surface area contributed by atoms with Crippen LogP contribution in [0.5, 0.6) is 5.75 Å². The lowest BCUT2D eigenvalue weighted by Crippen LogP contribution is -2.24. The molecule has 0 radical (unpaired) electrons. The van der Waals surface area contributed by atoms with E-state index >= 15 is 0 Å². The van der Waals surface area contributed by atoms with Gasteiger partial charge in [-0.2, -0.15) is 0 Å². The summed E-state index contributed by atoms with van der Waals surface area (Å²) >= 11 is 8.05. The molecular weight excluding hydrogens is 330 g/mol. The summed E-state index contributed by atoms with van der Waals surface area (Å²) < 4.78 is 5.60. The molecule has 23 heavy (non-hydrogen) atoms. The zero-order valence-electron chi connectivity index (χ0n) is 12.8. The van der Waals surface area contributed by atoms with Gasteiger partial charge in [0.15, 0.2) is 0 Å². The molecule has 1 aliphatic heterocycles. The zero-order valence-corrected chi connectivity index (χ0v) is 14.4. The van der Waals surface area contributed by atoms with Crippen LogP contribution in [0.25, 0.3) is 0 Å². The van der Waals surface area contributed by atoms with E-state index in [0.717, 1.165) is 35.1 Å². The maximum Gasteiger partial charge on any atom is 0.123 e. The minimum Gasteiger partial charge on any atom is -0.491 e. The number of halogens is 1. The predicted molar refractivity (Wildman–Crippen MR) is 95.4 cm³/mol. The maximum absolute atomic E-state index is 8.93. The van der Waals surface area contributed by atoms with Gasteiger partial charge in [-0.25, -0.2) is 0 Å². The Morgan fingerprint density at radius 2 is 2.13 bits per heavy atom. The number of fused-ring (bicyclic) bond motifs is 1. The van der Waals surface area contributed by atoms with Gasteiger partial charge in [0.05, 0.1) is 6.61 Å². The molecule has 1 aliphatic rings. The van der Waals surface area contributed by atoms with E-state index in [1.54, 1.807) is 0 Å². The van der Waals surface area contributed by atoms with Crippen molar-refractivity contribution >= 4 is 23.4 Å². The molecule has 0 aliphatic carbocycles. The molecule has 3 rings (SSSR count). The van der Waals surface area contributed by atoms with Crippen molar-refractivity contribution in [1.29, 1.82) is 0 Å². The number of rotatable bonds is 6. The lowest BCUT2D eigenvalue weighted by Gasteiger charge is -2.26. The largest absolute Gasteiger partial charge is 0.491 e. The van der Waals surface area contributed by atoms with E-state index < -0.39 is 0 Å². The maximum atomic E-state index is 8.93. The van der Waals surface area contributed by atoms with Crippen LogP contribution in [0.3, 0.4) is 0 Å². The molecule has 2 aromatic carbocycles. The highest BCUT2D eigenvalue weighted by Crippen LogP contribution is 2.37. The van der Waals surface area contributed by atoms with Gasteiger partial charge in [-0.15, -0.1) is 11.8 Å². The number of nitrogens with one attached hydrogen (secondary N) is 1. The summed E-state index contributed by atoms with van der Waals surface area (Å²) in [5.41, 5.74) is 2.38. The average molecular weight is 350 g/mol. The number of benzene rings is 2. The summed E-state index contributed by atoms with van der Waals surface area (Å²) in [4.78, 5) is 1.31. The topological polar surface area (TPSA) is 41.5 Å². The Bertz CT molecular complexity index is 665. The number of ether oxygens (including phenoxy) is 1. The van der Waals surface area contributed by atoms with Gasteiger partial charge in [0.1, 0.15) is 12.4 Å². The second-order valence-electron chi connectivity index (χ2n) is 5.43. The van der Waals surface area contributed by atoms with Crippen LogP contribution in [-0.2, 0) is 6.54 Å². The number of hydrogen-bond acceptors (Lipinski definition) is 4. The van der Waals surface area contributed by atoms with Gasteiger partial charge < -0.3 is 15.2 Å². The second kappa shape index (κ2) is 8.06. The summed E-state index contributed by atoms with van der Waals surface area (Å²) in [6.07, 6.45) is 1.08. The lowest BCUT2D eigenvalue weighted by atomic mass is 10.0. The van der Waals surface area contributed by atoms with Crippen LogP contribution in [-0.4, -0.2) is 24.1 Å². The molecule has 5 heteroatoms. The highest BCUT2D eigenvalue weighted by atomic mass is 35.5. The SMILES string of the molecule is OCCOc1ccccc1CNC1CCSc2ccc(Cl)cc21. The molecule has 3 nitrogen and oxygen atoms in total. The standard InChI is InChI=1S/C18H20ClNO2S/c19-14-5-6-18-15(11-14)16(7-10-23-18)20-12-13-3-1-2-4-17(13)22-9-8-21/h1-6,11,16,20-21H,7-10,12H2. The smallest absolute Gasteiger partial charge is 0.123 e. The quantitative estimate of drug-likeness (QED) is 0.826. The Kier molecular flexibility index (Phi) is 5.84. The molecule has 122 valence electrons. The minimum absolute atomic E-state index is 0.0213. The third-order valence-electron chi connectivity index (χ3n) is 3.87. The summed E-state index contributed by atoms with van der Waals surface area (Å²) in [6, 6.07) is 14.4. The molecule has 1 atom stereocenters. The fourth-order valence-electron chi connectivity index (χ4n) is 2.76. The van der Waals surface area contributed by atoms with Crippen molar-refractivity contribution in [2.45, 2.75) is 23.9 Å². The third-order valence-corrected chi connectivity index (χ3v) is 5.23. The monoisotopic (exact) mass is 349 g/mol. The van der Waals surface area contributed by atoms with Crippen molar-refractivity contribution < 1.29 is 9.84 Å². The average Bonchev–Trinajstić information content (AvgIpc) is 2.59. The van der Waals surface area contributed by atoms with Crippen molar-refractivity contribution in [3.8, 4) is 5.75 Å². The Morgan fingerprint density at radius 1 is 1.26 bits per heavy atom. The van der Waals surface area contributed by atoms with Gasteiger partial charge >= 0.3 is 0 Å². The first-order valence-corrected chi connectivity index (χ1v) is 9.11. The van der Waals surface area contributed by atoms with E-state index in [0.29, 0.717) is 12.6 Å². The molecule has 1 heterocycles. The first-order chi connectivity index (χ1) is 11.3. The van der Waals surface area contributed by atoms with Crippen LogP contribution in [0.2, 0.25) is 5.02 Å². The van der Waals surface area contributed by atoms with Crippen LogP contribution in [0, 0.1) is 0 Å². The van der Waals surface area contributed by atoms with Gasteiger partial charge in [0, 0.05) is 28.1 Å². The molecule has 0 bridgehead atoms.